The molecule has 3 aromatic rings. The van der Waals surface area contributed by atoms with Gasteiger partial charge >= 0.3 is 0 Å². The van der Waals surface area contributed by atoms with Crippen LogP contribution in [0.4, 0.5) is 5.82 Å². The first-order chi connectivity index (χ1) is 10.8. The topological polar surface area (TPSA) is 66.0 Å². The number of nitrogens with one attached hydrogen (secondary N) is 1. The molecule has 110 valence electrons. The van der Waals surface area contributed by atoms with E-state index in [9.17, 15) is 5.26 Å². The van der Waals surface area contributed by atoms with Gasteiger partial charge in [-0.05, 0) is 18.2 Å². The summed E-state index contributed by atoms with van der Waals surface area (Å²) in [5.74, 6) is 0.706. The molecule has 0 unspecified atom stereocenters. The van der Waals surface area contributed by atoms with Gasteiger partial charge in [0.05, 0.1) is 6.20 Å². The summed E-state index contributed by atoms with van der Waals surface area (Å²) in [5, 5.41) is 17.8. The van der Waals surface area contributed by atoms with E-state index in [0.29, 0.717) is 11.4 Å². The van der Waals surface area contributed by atoms with Gasteiger partial charge in [0.2, 0.25) is 0 Å². The third-order valence-corrected chi connectivity index (χ3v) is 4.04. The van der Waals surface area contributed by atoms with Crippen LogP contribution in [0.5, 0.6) is 0 Å². The van der Waals surface area contributed by atoms with Crippen molar-refractivity contribution in [3.63, 3.8) is 0 Å². The molecular weight excluding hydrogens is 294 g/mol. The summed E-state index contributed by atoms with van der Waals surface area (Å²) in [7, 11) is 0. The second-order valence-corrected chi connectivity index (χ2v) is 5.52. The van der Waals surface area contributed by atoms with Crippen molar-refractivity contribution in [2.75, 3.05) is 18.1 Å². The Morgan fingerprint density at radius 2 is 2.09 bits per heavy atom. The Labute approximate surface area is 133 Å². The maximum atomic E-state index is 9.46. The van der Waals surface area contributed by atoms with Gasteiger partial charge in [-0.1, -0.05) is 30.3 Å². The molecular formula is C16H15N5S. The molecule has 0 saturated carbocycles. The smallest absolute Gasteiger partial charge is 0.158 e. The summed E-state index contributed by atoms with van der Waals surface area (Å²) >= 11 is 1.47. The van der Waals surface area contributed by atoms with Crippen LogP contribution in [-0.2, 0) is 6.42 Å². The van der Waals surface area contributed by atoms with Gasteiger partial charge in [-0.25, -0.2) is 4.98 Å². The molecule has 0 bridgehead atoms. The Hall–Kier alpha value is -2.52. The zero-order valence-corrected chi connectivity index (χ0v) is 13.0. The largest absolute Gasteiger partial charge is 0.368 e. The minimum atomic E-state index is 0.539. The van der Waals surface area contributed by atoms with E-state index >= 15 is 0 Å². The fraction of sp³-hybridized carbons (Fsp3) is 0.188. The van der Waals surface area contributed by atoms with E-state index in [0.717, 1.165) is 23.6 Å². The highest BCUT2D eigenvalue weighted by molar-refractivity contribution is 7.98. The van der Waals surface area contributed by atoms with Crippen LogP contribution >= 0.6 is 11.8 Å². The molecule has 2 aromatic heterocycles. The van der Waals surface area contributed by atoms with Gasteiger partial charge in [0.1, 0.15) is 16.7 Å². The van der Waals surface area contributed by atoms with Crippen LogP contribution in [0.15, 0.2) is 47.6 Å². The van der Waals surface area contributed by atoms with Crippen molar-refractivity contribution in [2.45, 2.75) is 11.4 Å². The van der Waals surface area contributed by atoms with Crippen molar-refractivity contribution in [1.29, 1.82) is 5.26 Å². The zero-order chi connectivity index (χ0) is 15.4. The van der Waals surface area contributed by atoms with Crippen LogP contribution in [0.2, 0.25) is 0 Å². The van der Waals surface area contributed by atoms with Crippen LogP contribution in [-0.4, -0.2) is 27.4 Å². The Morgan fingerprint density at radius 3 is 2.82 bits per heavy atom. The molecule has 1 aromatic carbocycles. The first-order valence-electron chi connectivity index (χ1n) is 6.93. The van der Waals surface area contributed by atoms with Gasteiger partial charge in [0.25, 0.3) is 0 Å². The van der Waals surface area contributed by atoms with Crippen molar-refractivity contribution in [1.82, 2.24) is 14.6 Å². The van der Waals surface area contributed by atoms with E-state index in [2.05, 4.69) is 33.6 Å². The molecule has 0 spiro atoms. The predicted octanol–water partition coefficient (Wildman–Crippen LogP) is 2.98. The first-order valence-corrected chi connectivity index (χ1v) is 8.15. The Bertz CT molecular complexity index is 820. The average Bonchev–Trinajstić information content (AvgIpc) is 3.03. The maximum Gasteiger partial charge on any atom is 0.158 e. The molecule has 3 rings (SSSR count). The van der Waals surface area contributed by atoms with Gasteiger partial charge in [0.15, 0.2) is 11.5 Å². The molecule has 0 aliphatic heterocycles. The third kappa shape index (κ3) is 2.76. The summed E-state index contributed by atoms with van der Waals surface area (Å²) in [6.07, 6.45) is 4.49. The molecule has 0 aliphatic carbocycles. The zero-order valence-electron chi connectivity index (χ0n) is 12.2. The highest BCUT2D eigenvalue weighted by atomic mass is 32.2. The summed E-state index contributed by atoms with van der Waals surface area (Å²) in [6.45, 7) is 0.728. The third-order valence-electron chi connectivity index (χ3n) is 3.36. The van der Waals surface area contributed by atoms with Crippen molar-refractivity contribution < 1.29 is 0 Å². The first kappa shape index (κ1) is 14.4. The summed E-state index contributed by atoms with van der Waals surface area (Å²) in [4.78, 5) is 4.45. The van der Waals surface area contributed by atoms with Crippen molar-refractivity contribution in [3.8, 4) is 6.07 Å². The maximum absolute atomic E-state index is 9.46. The van der Waals surface area contributed by atoms with Gasteiger partial charge in [0, 0.05) is 12.6 Å². The van der Waals surface area contributed by atoms with Crippen molar-refractivity contribution >= 4 is 23.2 Å². The Kier molecular flexibility index (Phi) is 4.26. The number of hydrogen-bond donors (Lipinski definition) is 1. The number of anilines is 1. The second kappa shape index (κ2) is 6.50. The molecule has 2 heterocycles. The number of fused-ring (bicyclic) bond motifs is 1. The van der Waals surface area contributed by atoms with E-state index in [1.165, 1.54) is 17.3 Å². The molecule has 0 amide bonds. The second-order valence-electron chi connectivity index (χ2n) is 4.72. The summed E-state index contributed by atoms with van der Waals surface area (Å²) in [5.41, 5.74) is 2.53. The normalized spacial score (nSPS) is 10.5. The highest BCUT2D eigenvalue weighted by Crippen LogP contribution is 2.25. The number of nitrogens with zero attached hydrogens (tertiary/aromatic N) is 4. The minimum Gasteiger partial charge on any atom is -0.368 e. The average molecular weight is 309 g/mol. The summed E-state index contributed by atoms with van der Waals surface area (Å²) < 4.78 is 1.68. The van der Waals surface area contributed by atoms with Crippen molar-refractivity contribution in [2.24, 2.45) is 0 Å². The van der Waals surface area contributed by atoms with Crippen molar-refractivity contribution in [3.05, 3.63) is 53.7 Å². The van der Waals surface area contributed by atoms with Crippen LogP contribution in [0, 0.1) is 11.3 Å². The molecule has 0 atom stereocenters. The summed E-state index contributed by atoms with van der Waals surface area (Å²) in [6, 6.07) is 14.3. The lowest BCUT2D eigenvalue weighted by molar-refractivity contribution is 0.889. The van der Waals surface area contributed by atoms with Crippen LogP contribution in [0.3, 0.4) is 0 Å². The van der Waals surface area contributed by atoms with E-state index in [-0.39, 0.29) is 0 Å². The number of nitriles is 1. The molecule has 0 saturated heterocycles. The number of benzene rings is 1. The predicted molar refractivity (Wildman–Crippen MR) is 88.1 cm³/mol. The number of thioether (sulfide) groups is 1. The SMILES string of the molecule is CSc1nc2ccnn2c(NCCc2ccccc2)c1C#N. The molecule has 22 heavy (non-hydrogen) atoms. The lowest BCUT2D eigenvalue weighted by Gasteiger charge is -2.12. The minimum absolute atomic E-state index is 0.539. The standard InChI is InChI=1S/C16H15N5S/c1-22-16-13(11-17)15(21-14(20-16)8-10-19-21)18-9-7-12-5-3-2-4-6-12/h2-6,8,10,18H,7,9H2,1H3. The molecule has 6 heteroatoms. The molecule has 1 N–H and O–H groups in total. The quantitative estimate of drug-likeness (QED) is 0.580. The lowest BCUT2D eigenvalue weighted by Crippen LogP contribution is -2.12. The monoisotopic (exact) mass is 309 g/mol. The Balaban J connectivity index is 1.89. The van der Waals surface area contributed by atoms with Gasteiger partial charge < -0.3 is 5.32 Å². The van der Waals surface area contributed by atoms with Gasteiger partial charge in [-0.15, -0.1) is 11.8 Å². The molecule has 0 fully saturated rings. The van der Waals surface area contributed by atoms with E-state index in [1.807, 2.05) is 30.5 Å². The van der Waals surface area contributed by atoms with E-state index in [4.69, 9.17) is 0 Å². The number of aromatic nitrogens is 3. The molecule has 0 aliphatic rings. The fourth-order valence-electron chi connectivity index (χ4n) is 2.30. The molecule has 5 nitrogen and oxygen atoms in total. The van der Waals surface area contributed by atoms with Gasteiger partial charge in [-0.3, -0.25) is 0 Å². The lowest BCUT2D eigenvalue weighted by atomic mass is 10.1. The van der Waals surface area contributed by atoms with Crippen LogP contribution < -0.4 is 5.32 Å². The number of hydrogen-bond acceptors (Lipinski definition) is 5. The van der Waals surface area contributed by atoms with E-state index in [1.54, 1.807) is 10.7 Å². The van der Waals surface area contributed by atoms with Crippen LogP contribution in [0.25, 0.3) is 5.65 Å². The van der Waals surface area contributed by atoms with Crippen LogP contribution in [0.1, 0.15) is 11.1 Å². The number of rotatable bonds is 5. The Morgan fingerprint density at radius 1 is 1.27 bits per heavy atom. The van der Waals surface area contributed by atoms with E-state index < -0.39 is 0 Å². The fourth-order valence-corrected chi connectivity index (χ4v) is 2.83. The highest BCUT2D eigenvalue weighted by Gasteiger charge is 2.15. The van der Waals surface area contributed by atoms with Gasteiger partial charge in [-0.2, -0.15) is 14.9 Å². The molecule has 0 radical (unpaired) electrons.